The van der Waals surface area contributed by atoms with E-state index in [0.717, 1.165) is 32.7 Å². The Morgan fingerprint density at radius 3 is 2.53 bits per heavy atom. The number of imidazole rings is 2. The lowest BCUT2D eigenvalue weighted by Gasteiger charge is -2.00. The summed E-state index contributed by atoms with van der Waals surface area (Å²) in [5.41, 5.74) is 9.74. The predicted octanol–water partition coefficient (Wildman–Crippen LogP) is 2.63. The van der Waals surface area contributed by atoms with E-state index in [9.17, 15) is 0 Å². The number of nitrogens with zero attached hydrogens (tertiary/aromatic N) is 4. The molecule has 5 nitrogen and oxygen atoms in total. The van der Waals surface area contributed by atoms with Gasteiger partial charge in [0.2, 0.25) is 5.95 Å². The third-order valence-electron chi connectivity index (χ3n) is 3.44. The normalized spacial score (nSPS) is 11.4. The van der Waals surface area contributed by atoms with Gasteiger partial charge in [-0.2, -0.15) is 0 Å². The van der Waals surface area contributed by atoms with Crippen LogP contribution in [0.15, 0.2) is 22.8 Å². The number of hydrogen-bond acceptors (Lipinski definition) is 3. The maximum absolute atomic E-state index is 5.82. The Labute approximate surface area is 119 Å². The Kier molecular flexibility index (Phi) is 2.63. The van der Waals surface area contributed by atoms with Gasteiger partial charge in [0.05, 0.1) is 11.0 Å². The third kappa shape index (κ3) is 1.74. The summed E-state index contributed by atoms with van der Waals surface area (Å²) >= 11 is 3.52. The lowest BCUT2D eigenvalue weighted by Crippen LogP contribution is -1.96. The van der Waals surface area contributed by atoms with Crippen molar-refractivity contribution >= 4 is 32.9 Å². The summed E-state index contributed by atoms with van der Waals surface area (Å²) in [6.07, 6.45) is 0. The van der Waals surface area contributed by atoms with E-state index in [0.29, 0.717) is 5.95 Å². The van der Waals surface area contributed by atoms with Crippen LogP contribution in [0, 0.1) is 6.92 Å². The van der Waals surface area contributed by atoms with Crippen LogP contribution in [0.1, 0.15) is 5.82 Å². The smallest absolute Gasteiger partial charge is 0.201 e. The van der Waals surface area contributed by atoms with Crippen molar-refractivity contribution in [2.45, 2.75) is 6.92 Å². The minimum Gasteiger partial charge on any atom is -0.369 e. The van der Waals surface area contributed by atoms with Gasteiger partial charge in [-0.15, -0.1) is 0 Å². The predicted molar refractivity (Wildman–Crippen MR) is 79.8 cm³/mol. The van der Waals surface area contributed by atoms with Gasteiger partial charge in [-0.1, -0.05) is 6.07 Å². The van der Waals surface area contributed by atoms with Crippen LogP contribution in [-0.2, 0) is 14.1 Å². The number of halogens is 1. The monoisotopic (exact) mass is 319 g/mol. The lowest BCUT2D eigenvalue weighted by molar-refractivity contribution is 0.886. The summed E-state index contributed by atoms with van der Waals surface area (Å²) in [6, 6.07) is 6.13. The van der Waals surface area contributed by atoms with Crippen molar-refractivity contribution in [1.82, 2.24) is 19.1 Å². The first-order chi connectivity index (χ1) is 8.99. The molecule has 0 aliphatic carbocycles. The van der Waals surface area contributed by atoms with Crippen molar-refractivity contribution < 1.29 is 0 Å². The summed E-state index contributed by atoms with van der Waals surface area (Å²) in [5.74, 6) is 1.48. The average Bonchev–Trinajstić information content (AvgIpc) is 2.81. The van der Waals surface area contributed by atoms with E-state index in [1.54, 1.807) is 0 Å². The Balaban J connectivity index is 2.23. The fraction of sp³-hybridized carbons (Fsp3) is 0.231. The number of nitrogen functional groups attached to an aromatic ring is 1. The lowest BCUT2D eigenvalue weighted by atomic mass is 10.1. The van der Waals surface area contributed by atoms with Crippen molar-refractivity contribution in [3.05, 3.63) is 28.6 Å². The van der Waals surface area contributed by atoms with Crippen molar-refractivity contribution in [3.8, 4) is 11.3 Å². The molecule has 0 aliphatic heterocycles. The molecule has 0 fully saturated rings. The topological polar surface area (TPSA) is 61.7 Å². The van der Waals surface area contributed by atoms with Gasteiger partial charge in [0.1, 0.15) is 16.1 Å². The molecular weight excluding hydrogens is 306 g/mol. The zero-order valence-corrected chi connectivity index (χ0v) is 12.6. The largest absolute Gasteiger partial charge is 0.369 e. The second kappa shape index (κ2) is 4.09. The Morgan fingerprint density at radius 1 is 1.16 bits per heavy atom. The maximum atomic E-state index is 5.82. The van der Waals surface area contributed by atoms with E-state index in [-0.39, 0.29) is 0 Å². The first-order valence-corrected chi connectivity index (χ1v) is 6.69. The van der Waals surface area contributed by atoms with E-state index >= 15 is 0 Å². The van der Waals surface area contributed by atoms with Crippen LogP contribution in [0.4, 0.5) is 5.95 Å². The Morgan fingerprint density at radius 2 is 1.89 bits per heavy atom. The molecule has 0 bridgehead atoms. The van der Waals surface area contributed by atoms with Crippen molar-refractivity contribution in [2.24, 2.45) is 14.1 Å². The van der Waals surface area contributed by atoms with Crippen LogP contribution in [0.3, 0.4) is 0 Å². The number of anilines is 1. The molecule has 98 valence electrons. The molecule has 0 saturated carbocycles. The van der Waals surface area contributed by atoms with Gasteiger partial charge in [-0.05, 0) is 35.0 Å². The molecule has 0 spiro atoms. The van der Waals surface area contributed by atoms with Crippen LogP contribution < -0.4 is 5.73 Å². The molecule has 2 heterocycles. The summed E-state index contributed by atoms with van der Waals surface area (Å²) in [5, 5.41) is 0. The molecule has 0 atom stereocenters. The third-order valence-corrected chi connectivity index (χ3v) is 4.35. The highest BCUT2D eigenvalue weighted by atomic mass is 79.9. The second-order valence-corrected chi connectivity index (χ2v) is 5.34. The molecular formula is C13H14BrN5. The highest BCUT2D eigenvalue weighted by Crippen LogP contribution is 2.30. The minimum absolute atomic E-state index is 0.485. The number of hydrogen-bond donors (Lipinski definition) is 1. The zero-order chi connectivity index (χ0) is 13.7. The molecule has 19 heavy (non-hydrogen) atoms. The molecule has 1 aromatic carbocycles. The number of aryl methyl sites for hydroxylation is 2. The van der Waals surface area contributed by atoms with E-state index < -0.39 is 0 Å². The molecule has 3 rings (SSSR count). The number of rotatable bonds is 1. The maximum Gasteiger partial charge on any atom is 0.201 e. The van der Waals surface area contributed by atoms with Gasteiger partial charge in [-0.25, -0.2) is 9.97 Å². The first-order valence-electron chi connectivity index (χ1n) is 5.90. The highest BCUT2D eigenvalue weighted by Gasteiger charge is 2.14. The Hall–Kier alpha value is -1.82. The number of aromatic nitrogens is 4. The van der Waals surface area contributed by atoms with E-state index in [4.69, 9.17) is 5.73 Å². The van der Waals surface area contributed by atoms with E-state index in [1.165, 1.54) is 0 Å². The fourth-order valence-corrected chi connectivity index (χ4v) is 2.65. The number of nitrogens with two attached hydrogens (primary N) is 1. The average molecular weight is 320 g/mol. The van der Waals surface area contributed by atoms with Gasteiger partial charge in [0, 0.05) is 19.7 Å². The molecule has 0 saturated heterocycles. The van der Waals surface area contributed by atoms with E-state index in [2.05, 4.69) is 36.5 Å². The van der Waals surface area contributed by atoms with Crippen LogP contribution in [0.5, 0.6) is 0 Å². The van der Waals surface area contributed by atoms with Crippen molar-refractivity contribution in [3.63, 3.8) is 0 Å². The highest BCUT2D eigenvalue weighted by molar-refractivity contribution is 9.10. The minimum atomic E-state index is 0.485. The molecule has 0 aliphatic rings. The van der Waals surface area contributed by atoms with Crippen molar-refractivity contribution in [1.29, 1.82) is 0 Å². The number of fused-ring (bicyclic) bond motifs is 1. The molecule has 0 unspecified atom stereocenters. The molecule has 2 N–H and O–H groups in total. The Bertz CT molecular complexity index is 784. The summed E-state index contributed by atoms with van der Waals surface area (Å²) < 4.78 is 4.75. The summed E-state index contributed by atoms with van der Waals surface area (Å²) in [6.45, 7) is 1.99. The van der Waals surface area contributed by atoms with Crippen LogP contribution in [-0.4, -0.2) is 19.1 Å². The fourth-order valence-electron chi connectivity index (χ4n) is 2.15. The standard InChI is InChI=1S/C13H14BrN5/c1-7-16-9-6-8(4-5-10(9)18(7)2)11-12(14)19(3)13(15)17-11/h4-6H,1-3H3,(H2,15,17). The summed E-state index contributed by atoms with van der Waals surface area (Å²) in [7, 11) is 3.89. The molecule has 0 amide bonds. The SMILES string of the molecule is Cc1nc2cc(-c3nc(N)n(C)c3Br)ccc2n1C. The van der Waals surface area contributed by atoms with Gasteiger partial charge in [-0.3, -0.25) is 0 Å². The molecule has 2 aromatic heterocycles. The summed E-state index contributed by atoms with van der Waals surface area (Å²) in [4.78, 5) is 8.91. The van der Waals surface area contributed by atoms with Gasteiger partial charge >= 0.3 is 0 Å². The number of benzene rings is 1. The molecule has 3 aromatic rings. The van der Waals surface area contributed by atoms with Crippen LogP contribution in [0.25, 0.3) is 22.3 Å². The zero-order valence-electron chi connectivity index (χ0n) is 11.0. The van der Waals surface area contributed by atoms with Gasteiger partial charge in [0.15, 0.2) is 0 Å². The van der Waals surface area contributed by atoms with Gasteiger partial charge in [0.25, 0.3) is 0 Å². The quantitative estimate of drug-likeness (QED) is 0.750. The van der Waals surface area contributed by atoms with Crippen LogP contribution in [0.2, 0.25) is 0 Å². The van der Waals surface area contributed by atoms with Gasteiger partial charge < -0.3 is 14.9 Å². The first kappa shape index (κ1) is 12.2. The van der Waals surface area contributed by atoms with Crippen LogP contribution >= 0.6 is 15.9 Å². The van der Waals surface area contributed by atoms with E-state index in [1.807, 2.05) is 37.7 Å². The second-order valence-electron chi connectivity index (χ2n) is 4.59. The molecule has 0 radical (unpaired) electrons. The van der Waals surface area contributed by atoms with Crippen molar-refractivity contribution in [2.75, 3.05) is 5.73 Å². The molecule has 6 heteroatoms.